The number of anilines is 2. The fourth-order valence-corrected chi connectivity index (χ4v) is 2.40. The molecule has 1 heterocycles. The molecule has 3 rings (SSSR count). The number of rotatable bonds is 1. The van der Waals surface area contributed by atoms with Crippen LogP contribution in [0.1, 0.15) is 21.5 Å². The second-order valence-electron chi connectivity index (χ2n) is 4.43. The van der Waals surface area contributed by atoms with Crippen molar-refractivity contribution in [1.29, 1.82) is 0 Å². The number of hydrogen-bond acceptors (Lipinski definition) is 2. The number of aryl methyl sites for hydroxylation is 2. The van der Waals surface area contributed by atoms with Gasteiger partial charge in [0.2, 0.25) is 0 Å². The third-order valence-electron chi connectivity index (χ3n) is 3.32. The summed E-state index contributed by atoms with van der Waals surface area (Å²) in [6.45, 7) is 0. The fourth-order valence-electron chi connectivity index (χ4n) is 2.40. The molecule has 0 atom stereocenters. The summed E-state index contributed by atoms with van der Waals surface area (Å²) < 4.78 is 0. The van der Waals surface area contributed by atoms with Crippen molar-refractivity contribution in [2.45, 2.75) is 12.8 Å². The number of aromatic carboxylic acids is 1. The molecule has 0 spiro atoms. The van der Waals surface area contributed by atoms with Gasteiger partial charge in [0, 0.05) is 5.69 Å². The van der Waals surface area contributed by atoms with Crippen molar-refractivity contribution >= 4 is 17.3 Å². The molecule has 0 radical (unpaired) electrons. The van der Waals surface area contributed by atoms with E-state index in [-0.39, 0.29) is 0 Å². The number of benzene rings is 2. The van der Waals surface area contributed by atoms with Crippen LogP contribution in [-0.4, -0.2) is 11.1 Å². The Morgan fingerprint density at radius 3 is 2.56 bits per heavy atom. The number of fused-ring (bicyclic) bond motifs is 2. The second kappa shape index (κ2) is 4.18. The molecular weight excluding hydrogens is 226 g/mol. The highest BCUT2D eigenvalue weighted by atomic mass is 16.4. The van der Waals surface area contributed by atoms with E-state index in [1.807, 2.05) is 24.3 Å². The Balaban J connectivity index is 2.15. The topological polar surface area (TPSA) is 49.3 Å². The molecule has 0 saturated heterocycles. The smallest absolute Gasteiger partial charge is 0.337 e. The minimum Gasteiger partial charge on any atom is -0.478 e. The molecule has 0 bridgehead atoms. The van der Waals surface area contributed by atoms with Crippen LogP contribution in [0, 0.1) is 0 Å². The molecule has 3 nitrogen and oxygen atoms in total. The third kappa shape index (κ3) is 1.74. The summed E-state index contributed by atoms with van der Waals surface area (Å²) in [4.78, 5) is 11.3. The van der Waals surface area contributed by atoms with E-state index in [1.54, 1.807) is 12.1 Å². The summed E-state index contributed by atoms with van der Waals surface area (Å²) in [7, 11) is 0. The van der Waals surface area contributed by atoms with Gasteiger partial charge in [0.1, 0.15) is 0 Å². The van der Waals surface area contributed by atoms with E-state index in [9.17, 15) is 9.90 Å². The molecule has 0 aliphatic carbocycles. The predicted octanol–water partition coefficient (Wildman–Crippen LogP) is 3.23. The van der Waals surface area contributed by atoms with E-state index in [4.69, 9.17) is 0 Å². The van der Waals surface area contributed by atoms with Gasteiger partial charge in [-0.15, -0.1) is 0 Å². The van der Waals surface area contributed by atoms with Gasteiger partial charge in [0.25, 0.3) is 0 Å². The maximum Gasteiger partial charge on any atom is 0.337 e. The average Bonchev–Trinajstić information content (AvgIpc) is 2.57. The van der Waals surface area contributed by atoms with Crippen LogP contribution in [0.3, 0.4) is 0 Å². The van der Waals surface area contributed by atoms with Crippen LogP contribution in [0.25, 0.3) is 0 Å². The van der Waals surface area contributed by atoms with Crippen LogP contribution in [0.5, 0.6) is 0 Å². The number of carboxylic acid groups (broad SMARTS) is 1. The lowest BCUT2D eigenvalue weighted by molar-refractivity contribution is 0.0698. The molecule has 2 aromatic rings. The van der Waals surface area contributed by atoms with E-state index in [1.165, 1.54) is 5.56 Å². The Morgan fingerprint density at radius 2 is 1.72 bits per heavy atom. The monoisotopic (exact) mass is 239 g/mol. The third-order valence-corrected chi connectivity index (χ3v) is 3.32. The number of carboxylic acids is 1. The summed E-state index contributed by atoms with van der Waals surface area (Å²) in [6.07, 6.45) is 1.79. The molecule has 0 aromatic heterocycles. The first-order chi connectivity index (χ1) is 8.75. The van der Waals surface area contributed by atoms with Gasteiger partial charge in [0.05, 0.1) is 11.3 Å². The molecule has 18 heavy (non-hydrogen) atoms. The highest BCUT2D eigenvalue weighted by molar-refractivity contribution is 5.96. The highest BCUT2D eigenvalue weighted by Gasteiger charge is 2.18. The molecule has 3 heteroatoms. The second-order valence-corrected chi connectivity index (χ2v) is 4.43. The van der Waals surface area contributed by atoms with Gasteiger partial charge in [0.15, 0.2) is 0 Å². The Hall–Kier alpha value is -2.29. The molecular formula is C15H13NO2. The maximum absolute atomic E-state index is 11.3. The first kappa shape index (κ1) is 10.8. The molecule has 2 aromatic carbocycles. The molecule has 90 valence electrons. The summed E-state index contributed by atoms with van der Waals surface area (Å²) in [5.41, 5.74) is 4.36. The minimum absolute atomic E-state index is 0.337. The first-order valence-electron chi connectivity index (χ1n) is 5.96. The van der Waals surface area contributed by atoms with Crippen LogP contribution >= 0.6 is 0 Å². The zero-order chi connectivity index (χ0) is 12.5. The normalized spacial score (nSPS) is 12.9. The molecule has 0 amide bonds. The van der Waals surface area contributed by atoms with Crippen LogP contribution in [-0.2, 0) is 12.8 Å². The Kier molecular flexibility index (Phi) is 2.52. The average molecular weight is 239 g/mol. The largest absolute Gasteiger partial charge is 0.478 e. The van der Waals surface area contributed by atoms with Gasteiger partial charge < -0.3 is 10.4 Å². The van der Waals surface area contributed by atoms with Crippen LogP contribution < -0.4 is 5.32 Å². The molecule has 0 fully saturated rings. The standard InChI is InChI=1S/C15H13NO2/c17-15(18)12-6-3-5-11-9-8-10-4-1-2-7-13(10)16-14(11)12/h1-7,16H,8-9H2,(H,17,18). The van der Waals surface area contributed by atoms with Crippen molar-refractivity contribution < 1.29 is 9.90 Å². The summed E-state index contributed by atoms with van der Waals surface area (Å²) in [5.74, 6) is -0.890. The van der Waals surface area contributed by atoms with Crippen LogP contribution in [0.2, 0.25) is 0 Å². The van der Waals surface area contributed by atoms with Crippen molar-refractivity contribution in [3.63, 3.8) is 0 Å². The van der Waals surface area contributed by atoms with E-state index in [0.29, 0.717) is 5.56 Å². The van der Waals surface area contributed by atoms with E-state index >= 15 is 0 Å². The maximum atomic E-state index is 11.3. The Labute approximate surface area is 105 Å². The van der Waals surface area contributed by atoms with Gasteiger partial charge in [-0.05, 0) is 36.1 Å². The number of para-hydroxylation sites is 2. The predicted molar refractivity (Wildman–Crippen MR) is 70.5 cm³/mol. The van der Waals surface area contributed by atoms with Crippen LogP contribution in [0.15, 0.2) is 42.5 Å². The lowest BCUT2D eigenvalue weighted by Gasteiger charge is -2.12. The number of carbonyl (C=O) groups is 1. The van der Waals surface area contributed by atoms with E-state index < -0.39 is 5.97 Å². The lowest BCUT2D eigenvalue weighted by atomic mass is 10.0. The molecule has 2 N–H and O–H groups in total. The van der Waals surface area contributed by atoms with Gasteiger partial charge >= 0.3 is 5.97 Å². The summed E-state index contributed by atoms with van der Waals surface area (Å²) >= 11 is 0. The zero-order valence-corrected chi connectivity index (χ0v) is 9.81. The van der Waals surface area contributed by atoms with Gasteiger partial charge in [-0.1, -0.05) is 30.3 Å². The number of nitrogens with one attached hydrogen (secondary N) is 1. The van der Waals surface area contributed by atoms with E-state index in [0.717, 1.165) is 29.8 Å². The fraction of sp³-hybridized carbons (Fsp3) is 0.133. The minimum atomic E-state index is -0.890. The molecule has 1 aliphatic heterocycles. The van der Waals surface area contributed by atoms with Crippen molar-refractivity contribution in [1.82, 2.24) is 0 Å². The zero-order valence-electron chi connectivity index (χ0n) is 9.81. The van der Waals surface area contributed by atoms with Crippen molar-refractivity contribution in [2.24, 2.45) is 0 Å². The molecule has 0 saturated carbocycles. The van der Waals surface area contributed by atoms with Gasteiger partial charge in [-0.3, -0.25) is 0 Å². The Bertz CT molecular complexity index is 620. The van der Waals surface area contributed by atoms with Crippen molar-refractivity contribution in [3.05, 3.63) is 59.2 Å². The first-order valence-corrected chi connectivity index (χ1v) is 5.96. The SMILES string of the molecule is O=C(O)c1cccc2c1Nc1ccccc1CC2. The van der Waals surface area contributed by atoms with Crippen LogP contribution in [0.4, 0.5) is 11.4 Å². The van der Waals surface area contributed by atoms with Gasteiger partial charge in [-0.25, -0.2) is 4.79 Å². The van der Waals surface area contributed by atoms with E-state index in [2.05, 4.69) is 11.4 Å². The summed E-state index contributed by atoms with van der Waals surface area (Å²) in [6, 6.07) is 13.5. The quantitative estimate of drug-likeness (QED) is 0.803. The Morgan fingerprint density at radius 1 is 1.00 bits per heavy atom. The highest BCUT2D eigenvalue weighted by Crippen LogP contribution is 2.32. The molecule has 0 unspecified atom stereocenters. The lowest BCUT2D eigenvalue weighted by Crippen LogP contribution is -2.04. The van der Waals surface area contributed by atoms with Crippen molar-refractivity contribution in [3.8, 4) is 0 Å². The number of hydrogen-bond donors (Lipinski definition) is 2. The van der Waals surface area contributed by atoms with Gasteiger partial charge in [-0.2, -0.15) is 0 Å². The van der Waals surface area contributed by atoms with Crippen molar-refractivity contribution in [2.75, 3.05) is 5.32 Å². The molecule has 1 aliphatic rings. The summed E-state index contributed by atoms with van der Waals surface area (Å²) in [5, 5.41) is 12.5.